The molecule has 30 heavy (non-hydrogen) atoms. The molecule has 0 spiro atoms. The average Bonchev–Trinajstić information content (AvgIpc) is 3.17. The molecule has 0 nitrogen and oxygen atoms in total. The van der Waals surface area contributed by atoms with Crippen molar-refractivity contribution in [3.63, 3.8) is 0 Å². The number of rotatable bonds is 0. The maximum atomic E-state index is 3.36. The van der Waals surface area contributed by atoms with Crippen LogP contribution in [0.1, 0.15) is 33.4 Å². The quantitative estimate of drug-likeness (QED) is 0.269. The first-order valence-corrected chi connectivity index (χ1v) is 10.2. The van der Waals surface area contributed by atoms with E-state index in [1.807, 2.05) is 60.7 Å². The van der Waals surface area contributed by atoms with Crippen molar-refractivity contribution < 1.29 is 0 Å². The standard InChI is InChI=1S/C29H17.Li/c1-3-7-22(8-4-1)11-13-24-15-17-28-26(19-24)21-27-20-25(16-18-29(27)28)14-12-23-9-5-2-6-10-23;/h1-10,15-19H,21H2;. The number of fused-ring (bicyclic) bond motifs is 3. The van der Waals surface area contributed by atoms with Gasteiger partial charge in [-0.25, -0.2) is 0 Å². The third-order valence-electron chi connectivity index (χ3n) is 5.60. The summed E-state index contributed by atoms with van der Waals surface area (Å²) in [6, 6.07) is 31.2. The Bertz CT molecular complexity index is 1360. The second-order valence-electron chi connectivity index (χ2n) is 7.54. The van der Waals surface area contributed by atoms with Gasteiger partial charge in [-0.05, 0) is 0 Å². The van der Waals surface area contributed by atoms with Crippen molar-refractivity contribution in [1.29, 1.82) is 0 Å². The molecule has 0 atom stereocenters. The molecule has 1 aliphatic rings. The Morgan fingerprint density at radius 3 is 1.87 bits per heavy atom. The Balaban J connectivity index is 1.45. The molecule has 134 valence electrons. The van der Waals surface area contributed by atoms with Crippen LogP contribution in [0.5, 0.6) is 0 Å². The van der Waals surface area contributed by atoms with Gasteiger partial charge in [-0.3, -0.25) is 0 Å². The summed E-state index contributed by atoms with van der Waals surface area (Å²) >= 11 is 2.19. The predicted molar refractivity (Wildman–Crippen MR) is 125 cm³/mol. The Morgan fingerprint density at radius 1 is 0.567 bits per heavy atom. The molecule has 0 N–H and O–H groups in total. The van der Waals surface area contributed by atoms with Crippen molar-refractivity contribution in [2.45, 2.75) is 6.42 Å². The summed E-state index contributed by atoms with van der Waals surface area (Å²) < 4.78 is 1.28. The summed E-state index contributed by atoms with van der Waals surface area (Å²) in [5, 5.41) is 0. The molecule has 0 radical (unpaired) electrons. The van der Waals surface area contributed by atoms with Crippen molar-refractivity contribution in [2.75, 3.05) is 0 Å². The second kappa shape index (κ2) is 8.15. The molecule has 4 aromatic carbocycles. The molecule has 0 amide bonds. The Hall–Kier alpha value is -3.40. The van der Waals surface area contributed by atoms with Gasteiger partial charge in [0.15, 0.2) is 0 Å². The zero-order valence-corrected chi connectivity index (χ0v) is 16.9. The summed E-state index contributed by atoms with van der Waals surface area (Å²) in [5.74, 6) is 13.2. The van der Waals surface area contributed by atoms with Crippen LogP contribution in [0.2, 0.25) is 0 Å². The van der Waals surface area contributed by atoms with E-state index in [4.69, 9.17) is 0 Å². The first kappa shape index (κ1) is 18.6. The molecule has 0 unspecified atom stereocenters. The third kappa shape index (κ3) is 3.73. The van der Waals surface area contributed by atoms with Crippen LogP contribution in [0, 0.1) is 23.7 Å². The van der Waals surface area contributed by atoms with E-state index in [9.17, 15) is 0 Å². The first-order chi connectivity index (χ1) is 14.8. The van der Waals surface area contributed by atoms with Crippen LogP contribution in [0.25, 0.3) is 11.1 Å². The van der Waals surface area contributed by atoms with E-state index in [2.05, 4.69) is 71.7 Å². The second-order valence-corrected chi connectivity index (χ2v) is 7.54. The van der Waals surface area contributed by atoms with Gasteiger partial charge in [0.05, 0.1) is 0 Å². The summed E-state index contributed by atoms with van der Waals surface area (Å²) in [6.07, 6.45) is 0.943. The van der Waals surface area contributed by atoms with Crippen LogP contribution in [0.4, 0.5) is 0 Å². The monoisotopic (exact) mass is 372 g/mol. The molecule has 0 saturated carbocycles. The predicted octanol–water partition coefficient (Wildman–Crippen LogP) is 4.85. The topological polar surface area (TPSA) is 0 Å². The van der Waals surface area contributed by atoms with Crippen molar-refractivity contribution in [2.24, 2.45) is 0 Å². The Labute approximate surface area is 187 Å². The van der Waals surface area contributed by atoms with Crippen LogP contribution in [-0.2, 0) is 6.42 Å². The third-order valence-corrected chi connectivity index (χ3v) is 5.60. The van der Waals surface area contributed by atoms with E-state index >= 15 is 0 Å². The minimum atomic E-state index is 0.943. The van der Waals surface area contributed by atoms with Crippen LogP contribution in [0.15, 0.2) is 91.0 Å². The van der Waals surface area contributed by atoms with Gasteiger partial charge in [0.25, 0.3) is 0 Å². The van der Waals surface area contributed by atoms with Gasteiger partial charge in [-0.2, -0.15) is 0 Å². The van der Waals surface area contributed by atoms with Gasteiger partial charge in [0.1, 0.15) is 0 Å². The molecule has 0 aliphatic heterocycles. The molecular formula is C29H17Li. The van der Waals surface area contributed by atoms with Gasteiger partial charge in [-0.1, -0.05) is 0 Å². The maximum absolute atomic E-state index is 3.36. The van der Waals surface area contributed by atoms with E-state index in [0.29, 0.717) is 0 Å². The SMILES string of the molecule is [Li][c]1c(C#Cc2ccccc2)ccc2c1Cc1cc(C#Cc3ccccc3)ccc1-2. The molecule has 1 heteroatoms. The van der Waals surface area contributed by atoms with Crippen molar-refractivity contribution in [3.05, 3.63) is 124 Å². The van der Waals surface area contributed by atoms with Crippen LogP contribution >= 0.6 is 0 Å². The van der Waals surface area contributed by atoms with E-state index in [1.54, 1.807) is 0 Å². The zero-order valence-electron chi connectivity index (χ0n) is 16.9. The van der Waals surface area contributed by atoms with E-state index in [-0.39, 0.29) is 0 Å². The molecule has 0 heterocycles. The number of hydrogen-bond donors (Lipinski definition) is 0. The minimum absolute atomic E-state index is 0.943. The fourth-order valence-electron chi connectivity index (χ4n) is 3.97. The van der Waals surface area contributed by atoms with E-state index in [0.717, 1.165) is 28.7 Å². The first-order valence-electron chi connectivity index (χ1n) is 10.2. The molecule has 1 aliphatic carbocycles. The van der Waals surface area contributed by atoms with Crippen LogP contribution in [0.3, 0.4) is 0 Å². The molecule has 0 saturated heterocycles. The fourth-order valence-corrected chi connectivity index (χ4v) is 3.97. The fraction of sp³-hybridized carbons (Fsp3) is 0.0345. The molecule has 0 aromatic heterocycles. The molecular weight excluding hydrogens is 355 g/mol. The van der Waals surface area contributed by atoms with Gasteiger partial charge >= 0.3 is 188 Å². The zero-order chi connectivity index (χ0) is 20.3. The molecule has 4 aromatic rings. The van der Waals surface area contributed by atoms with Crippen molar-refractivity contribution in [3.8, 4) is 34.8 Å². The summed E-state index contributed by atoms with van der Waals surface area (Å²) in [6.45, 7) is 0. The van der Waals surface area contributed by atoms with Crippen LogP contribution < -0.4 is 4.24 Å². The summed E-state index contributed by atoms with van der Waals surface area (Å²) in [7, 11) is 0. The van der Waals surface area contributed by atoms with Gasteiger partial charge in [0.2, 0.25) is 0 Å². The average molecular weight is 372 g/mol. The van der Waals surface area contributed by atoms with Crippen molar-refractivity contribution >= 4 is 22.0 Å². The van der Waals surface area contributed by atoms with Gasteiger partial charge < -0.3 is 0 Å². The number of benzene rings is 4. The van der Waals surface area contributed by atoms with E-state index in [1.165, 1.54) is 26.5 Å². The van der Waals surface area contributed by atoms with Gasteiger partial charge in [-0.15, -0.1) is 0 Å². The van der Waals surface area contributed by atoms with E-state index < -0.39 is 0 Å². The molecule has 0 fully saturated rings. The van der Waals surface area contributed by atoms with Crippen LogP contribution in [-0.4, -0.2) is 17.7 Å². The number of hydrogen-bond acceptors (Lipinski definition) is 0. The Morgan fingerprint density at radius 2 is 1.17 bits per heavy atom. The summed E-state index contributed by atoms with van der Waals surface area (Å²) in [5.41, 5.74) is 9.64. The normalized spacial score (nSPS) is 10.9. The molecule has 0 bridgehead atoms. The molecule has 5 rings (SSSR count). The summed E-state index contributed by atoms with van der Waals surface area (Å²) in [4.78, 5) is 0. The Kier molecular flexibility index (Phi) is 5.06. The van der Waals surface area contributed by atoms with Gasteiger partial charge in [0, 0.05) is 0 Å². The van der Waals surface area contributed by atoms with Crippen molar-refractivity contribution in [1.82, 2.24) is 0 Å².